The van der Waals surface area contributed by atoms with Gasteiger partial charge in [-0.1, -0.05) is 6.07 Å². The molecule has 0 fully saturated rings. The van der Waals surface area contributed by atoms with Gasteiger partial charge in [-0.25, -0.2) is 0 Å². The maximum absolute atomic E-state index is 9.67. The van der Waals surface area contributed by atoms with Crippen molar-refractivity contribution in [2.45, 2.75) is 20.0 Å². The summed E-state index contributed by atoms with van der Waals surface area (Å²) in [6.07, 6.45) is 1.79. The molecule has 4 N–H and O–H groups in total. The zero-order valence-corrected chi connectivity index (χ0v) is 10.9. The number of aryl methyl sites for hydroxylation is 1. The van der Waals surface area contributed by atoms with E-state index in [1.165, 1.54) is 6.07 Å². The van der Waals surface area contributed by atoms with E-state index in [1.807, 2.05) is 14.0 Å². The number of hydrogen-bond donors (Lipinski definition) is 4. The van der Waals surface area contributed by atoms with Crippen LogP contribution in [0.3, 0.4) is 0 Å². The van der Waals surface area contributed by atoms with Crippen LogP contribution >= 0.6 is 0 Å². The first kappa shape index (κ1) is 13.2. The van der Waals surface area contributed by atoms with E-state index in [9.17, 15) is 15.3 Å². The molecule has 0 saturated carbocycles. The minimum atomic E-state index is -0.489. The number of rotatable bonds is 4. The van der Waals surface area contributed by atoms with Gasteiger partial charge in [0.05, 0.1) is 6.20 Å². The lowest BCUT2D eigenvalue weighted by Gasteiger charge is -2.09. The van der Waals surface area contributed by atoms with Crippen LogP contribution in [0.5, 0.6) is 17.2 Å². The average Bonchev–Trinajstić information content (AvgIpc) is 2.71. The van der Waals surface area contributed by atoms with E-state index >= 15 is 0 Å². The van der Waals surface area contributed by atoms with Gasteiger partial charge in [0.25, 0.3) is 0 Å². The molecule has 0 spiro atoms. The molecule has 102 valence electrons. The number of benzene rings is 1. The zero-order valence-electron chi connectivity index (χ0n) is 10.9. The van der Waals surface area contributed by atoms with Crippen LogP contribution in [0.15, 0.2) is 18.3 Å². The topological polar surface area (TPSA) is 90.5 Å². The van der Waals surface area contributed by atoms with E-state index in [0.29, 0.717) is 18.7 Å². The molecule has 0 aliphatic rings. The fraction of sp³-hybridized carbons (Fsp3) is 0.308. The summed E-state index contributed by atoms with van der Waals surface area (Å²) in [6, 6.07) is 2.91. The minimum Gasteiger partial charge on any atom is -0.504 e. The average molecular weight is 263 g/mol. The Balaban J connectivity index is 2.00. The lowest BCUT2D eigenvalue weighted by Crippen LogP contribution is -2.13. The molecule has 19 heavy (non-hydrogen) atoms. The van der Waals surface area contributed by atoms with Crippen molar-refractivity contribution in [2.75, 3.05) is 0 Å². The molecule has 0 aliphatic heterocycles. The first-order valence-electron chi connectivity index (χ1n) is 5.91. The van der Waals surface area contributed by atoms with Gasteiger partial charge in [0.15, 0.2) is 11.5 Å². The van der Waals surface area contributed by atoms with Gasteiger partial charge in [-0.05, 0) is 13.0 Å². The smallest absolute Gasteiger partial charge is 0.200 e. The van der Waals surface area contributed by atoms with Crippen LogP contribution in [0.25, 0.3) is 0 Å². The predicted molar refractivity (Wildman–Crippen MR) is 69.9 cm³/mol. The summed E-state index contributed by atoms with van der Waals surface area (Å²) in [7, 11) is 1.88. The highest BCUT2D eigenvalue weighted by Crippen LogP contribution is 2.36. The third kappa shape index (κ3) is 2.63. The van der Waals surface area contributed by atoms with Gasteiger partial charge < -0.3 is 20.6 Å². The maximum Gasteiger partial charge on any atom is 0.200 e. The van der Waals surface area contributed by atoms with E-state index in [2.05, 4.69) is 10.4 Å². The Kier molecular flexibility index (Phi) is 3.62. The summed E-state index contributed by atoms with van der Waals surface area (Å²) < 4.78 is 1.79. The number of nitrogens with one attached hydrogen (secondary N) is 1. The van der Waals surface area contributed by atoms with Gasteiger partial charge in [0.1, 0.15) is 0 Å². The van der Waals surface area contributed by atoms with Gasteiger partial charge in [-0.3, -0.25) is 4.68 Å². The van der Waals surface area contributed by atoms with E-state index < -0.39 is 5.75 Å². The fourth-order valence-corrected chi connectivity index (χ4v) is 1.80. The normalized spacial score (nSPS) is 10.8. The van der Waals surface area contributed by atoms with Crippen LogP contribution in [0.1, 0.15) is 16.8 Å². The molecular weight excluding hydrogens is 246 g/mol. The predicted octanol–water partition coefficient (Wildman–Crippen LogP) is 1.14. The first-order chi connectivity index (χ1) is 9.00. The molecule has 0 atom stereocenters. The molecule has 6 heteroatoms. The van der Waals surface area contributed by atoms with E-state index in [4.69, 9.17) is 0 Å². The van der Waals surface area contributed by atoms with Crippen molar-refractivity contribution >= 4 is 0 Å². The van der Waals surface area contributed by atoms with Gasteiger partial charge >= 0.3 is 0 Å². The van der Waals surface area contributed by atoms with E-state index in [1.54, 1.807) is 16.9 Å². The van der Waals surface area contributed by atoms with E-state index in [-0.39, 0.29) is 11.5 Å². The maximum atomic E-state index is 9.67. The number of aromatic hydroxyl groups is 3. The molecule has 0 unspecified atom stereocenters. The fourth-order valence-electron chi connectivity index (χ4n) is 1.80. The van der Waals surface area contributed by atoms with Crippen molar-refractivity contribution in [3.63, 3.8) is 0 Å². The molecule has 6 nitrogen and oxygen atoms in total. The molecule has 0 amide bonds. The molecule has 0 saturated heterocycles. The van der Waals surface area contributed by atoms with Crippen LogP contribution in [0.4, 0.5) is 0 Å². The summed E-state index contributed by atoms with van der Waals surface area (Å²) in [6.45, 7) is 2.97. The van der Waals surface area contributed by atoms with Crippen molar-refractivity contribution in [1.29, 1.82) is 0 Å². The zero-order chi connectivity index (χ0) is 14.0. The Hall–Kier alpha value is -2.21. The number of hydrogen-bond acceptors (Lipinski definition) is 5. The highest BCUT2D eigenvalue weighted by atomic mass is 16.3. The quantitative estimate of drug-likeness (QED) is 0.621. The number of aromatic nitrogens is 2. The van der Waals surface area contributed by atoms with Crippen LogP contribution in [-0.2, 0) is 20.1 Å². The van der Waals surface area contributed by atoms with Gasteiger partial charge in [-0.15, -0.1) is 0 Å². The number of phenols is 3. The summed E-state index contributed by atoms with van der Waals surface area (Å²) in [4.78, 5) is 0. The standard InChI is InChI=1S/C13H17N3O3/c1-8-10(7-15-16(8)2)6-14-5-9-3-4-11(17)13(19)12(9)18/h3-4,7,14,17-19H,5-6H2,1-2H3. The van der Waals surface area contributed by atoms with Crippen LogP contribution in [0.2, 0.25) is 0 Å². The third-order valence-corrected chi connectivity index (χ3v) is 3.18. The summed E-state index contributed by atoms with van der Waals surface area (Å²) >= 11 is 0. The Labute approximate surface area is 110 Å². The van der Waals surface area contributed by atoms with Gasteiger partial charge in [0, 0.05) is 37.0 Å². The molecule has 2 rings (SSSR count). The molecule has 1 aromatic carbocycles. The van der Waals surface area contributed by atoms with Crippen LogP contribution in [-0.4, -0.2) is 25.1 Å². The number of phenolic OH excluding ortho intramolecular Hbond substituents is 3. The van der Waals surface area contributed by atoms with Crippen molar-refractivity contribution in [3.8, 4) is 17.2 Å². The van der Waals surface area contributed by atoms with Crippen molar-refractivity contribution < 1.29 is 15.3 Å². The Bertz CT molecular complexity index is 593. The Morgan fingerprint density at radius 3 is 2.42 bits per heavy atom. The molecule has 0 aliphatic carbocycles. The van der Waals surface area contributed by atoms with E-state index in [0.717, 1.165) is 11.3 Å². The first-order valence-corrected chi connectivity index (χ1v) is 5.91. The van der Waals surface area contributed by atoms with Crippen molar-refractivity contribution in [1.82, 2.24) is 15.1 Å². The second-order valence-electron chi connectivity index (χ2n) is 4.42. The van der Waals surface area contributed by atoms with Gasteiger partial charge in [0.2, 0.25) is 5.75 Å². The second kappa shape index (κ2) is 5.19. The molecule has 2 aromatic rings. The summed E-state index contributed by atoms with van der Waals surface area (Å²) in [5.74, 6) is -1.11. The van der Waals surface area contributed by atoms with Gasteiger partial charge in [-0.2, -0.15) is 5.10 Å². The Morgan fingerprint density at radius 1 is 1.11 bits per heavy atom. The Morgan fingerprint density at radius 2 is 1.79 bits per heavy atom. The minimum absolute atomic E-state index is 0.296. The lowest BCUT2D eigenvalue weighted by molar-refractivity contribution is 0.364. The summed E-state index contributed by atoms with van der Waals surface area (Å²) in [5.41, 5.74) is 2.67. The monoisotopic (exact) mass is 263 g/mol. The molecule has 1 aromatic heterocycles. The van der Waals surface area contributed by atoms with Crippen molar-refractivity contribution in [2.24, 2.45) is 7.05 Å². The van der Waals surface area contributed by atoms with Crippen LogP contribution in [0, 0.1) is 6.92 Å². The molecule has 1 heterocycles. The molecule has 0 bridgehead atoms. The third-order valence-electron chi connectivity index (χ3n) is 3.18. The highest BCUT2D eigenvalue weighted by molar-refractivity contribution is 5.53. The molecular formula is C13H17N3O3. The van der Waals surface area contributed by atoms with Crippen LogP contribution < -0.4 is 5.32 Å². The molecule has 0 radical (unpaired) electrons. The van der Waals surface area contributed by atoms with Crippen molar-refractivity contribution in [3.05, 3.63) is 35.2 Å². The highest BCUT2D eigenvalue weighted by Gasteiger charge is 2.11. The lowest BCUT2D eigenvalue weighted by atomic mass is 10.1. The largest absolute Gasteiger partial charge is 0.504 e. The SMILES string of the molecule is Cc1c(CNCc2ccc(O)c(O)c2O)cnn1C. The second-order valence-corrected chi connectivity index (χ2v) is 4.42. The summed E-state index contributed by atoms with van der Waals surface area (Å²) in [5, 5.41) is 35.6. The number of nitrogens with zero attached hydrogens (tertiary/aromatic N) is 2.